The molecular formula is C26H27N5. The second-order valence-electron chi connectivity index (χ2n) is 7.94. The average Bonchev–Trinajstić information content (AvgIpc) is 3.13. The maximum atomic E-state index is 9.54. The molecule has 31 heavy (non-hydrogen) atoms. The van der Waals surface area contributed by atoms with Crippen LogP contribution >= 0.6 is 0 Å². The fraction of sp³-hybridized carbons (Fsp3) is 0.231. The molecule has 4 aromatic rings. The van der Waals surface area contributed by atoms with Crippen molar-refractivity contribution in [3.63, 3.8) is 0 Å². The van der Waals surface area contributed by atoms with Gasteiger partial charge in [-0.25, -0.2) is 4.98 Å². The molecule has 0 fully saturated rings. The number of imidazole rings is 1. The van der Waals surface area contributed by atoms with Crippen LogP contribution in [0.1, 0.15) is 22.3 Å². The second-order valence-corrected chi connectivity index (χ2v) is 7.94. The highest BCUT2D eigenvalue weighted by Crippen LogP contribution is 2.38. The second kappa shape index (κ2) is 8.73. The van der Waals surface area contributed by atoms with E-state index in [1.54, 1.807) is 0 Å². The van der Waals surface area contributed by atoms with E-state index in [9.17, 15) is 5.26 Å². The Bertz CT molecular complexity index is 1270. The van der Waals surface area contributed by atoms with Crippen LogP contribution in [0.15, 0.2) is 54.9 Å². The van der Waals surface area contributed by atoms with E-state index in [-0.39, 0.29) is 0 Å². The van der Waals surface area contributed by atoms with Crippen LogP contribution < -0.4 is 11.1 Å². The molecule has 0 aliphatic heterocycles. The maximum Gasteiger partial charge on any atom is 0.0998 e. The van der Waals surface area contributed by atoms with Gasteiger partial charge in [-0.1, -0.05) is 42.5 Å². The minimum atomic E-state index is 0.631. The third-order valence-electron chi connectivity index (χ3n) is 5.72. The Morgan fingerprint density at radius 2 is 1.77 bits per heavy atom. The molecule has 0 aliphatic carbocycles. The molecule has 3 N–H and O–H groups in total. The molecular weight excluding hydrogens is 382 g/mol. The van der Waals surface area contributed by atoms with E-state index >= 15 is 0 Å². The van der Waals surface area contributed by atoms with Crippen molar-refractivity contribution >= 4 is 10.8 Å². The van der Waals surface area contributed by atoms with Crippen molar-refractivity contribution in [3.8, 4) is 28.6 Å². The summed E-state index contributed by atoms with van der Waals surface area (Å²) in [5.41, 5.74) is 14.2. The van der Waals surface area contributed by atoms with E-state index in [0.717, 1.165) is 46.4 Å². The van der Waals surface area contributed by atoms with Crippen molar-refractivity contribution in [1.29, 1.82) is 5.26 Å². The summed E-state index contributed by atoms with van der Waals surface area (Å²) < 4.78 is 2.07. The third kappa shape index (κ3) is 3.84. The zero-order valence-electron chi connectivity index (χ0n) is 18.2. The van der Waals surface area contributed by atoms with E-state index in [4.69, 9.17) is 10.7 Å². The highest BCUT2D eigenvalue weighted by Gasteiger charge is 2.19. The van der Waals surface area contributed by atoms with Gasteiger partial charge >= 0.3 is 0 Å². The molecule has 5 nitrogen and oxygen atoms in total. The van der Waals surface area contributed by atoms with Crippen LogP contribution in [0.4, 0.5) is 0 Å². The number of fused-ring (bicyclic) bond motifs is 1. The standard InChI is InChI=1S/C26H27N5/c1-17-12-19(15-29-11-10-27)13-18(2)24(17)25-26(31(3)16-30-25)23-9-8-20(14-28)21-6-4-5-7-22(21)23/h4-9,12-13,16,29H,10-11,15,27H2,1-3H3. The van der Waals surface area contributed by atoms with Crippen molar-refractivity contribution in [2.75, 3.05) is 13.1 Å². The Morgan fingerprint density at radius 1 is 1.06 bits per heavy atom. The molecule has 0 atom stereocenters. The van der Waals surface area contributed by atoms with Gasteiger partial charge in [-0.15, -0.1) is 0 Å². The quantitative estimate of drug-likeness (QED) is 0.461. The smallest absolute Gasteiger partial charge is 0.0998 e. The number of hydrogen-bond donors (Lipinski definition) is 2. The number of nitrogens with zero attached hydrogens (tertiary/aromatic N) is 3. The van der Waals surface area contributed by atoms with Crippen LogP contribution in [0.2, 0.25) is 0 Å². The van der Waals surface area contributed by atoms with Gasteiger partial charge in [0.25, 0.3) is 0 Å². The van der Waals surface area contributed by atoms with Crippen molar-refractivity contribution in [2.45, 2.75) is 20.4 Å². The van der Waals surface area contributed by atoms with Gasteiger partial charge in [0, 0.05) is 43.2 Å². The first kappa shape index (κ1) is 20.8. The van der Waals surface area contributed by atoms with E-state index in [2.05, 4.69) is 48.0 Å². The molecule has 1 aromatic heterocycles. The van der Waals surface area contributed by atoms with Crippen molar-refractivity contribution in [2.24, 2.45) is 12.8 Å². The summed E-state index contributed by atoms with van der Waals surface area (Å²) in [5.74, 6) is 0. The Kier molecular flexibility index (Phi) is 5.85. The summed E-state index contributed by atoms with van der Waals surface area (Å²) in [4.78, 5) is 4.80. The van der Waals surface area contributed by atoms with Gasteiger partial charge in [0.05, 0.1) is 29.3 Å². The Hall–Kier alpha value is -3.46. The lowest BCUT2D eigenvalue weighted by molar-refractivity contribution is 0.694. The van der Waals surface area contributed by atoms with Crippen molar-refractivity contribution < 1.29 is 0 Å². The van der Waals surface area contributed by atoms with Crippen LogP contribution in [0.5, 0.6) is 0 Å². The lowest BCUT2D eigenvalue weighted by Gasteiger charge is -2.15. The van der Waals surface area contributed by atoms with Gasteiger partial charge in [0.1, 0.15) is 0 Å². The van der Waals surface area contributed by atoms with Gasteiger partial charge < -0.3 is 15.6 Å². The van der Waals surface area contributed by atoms with Crippen molar-refractivity contribution in [3.05, 3.63) is 77.1 Å². The number of aryl methyl sites for hydroxylation is 3. The molecule has 0 saturated carbocycles. The largest absolute Gasteiger partial charge is 0.333 e. The lowest BCUT2D eigenvalue weighted by Crippen LogP contribution is -2.22. The van der Waals surface area contributed by atoms with E-state index in [1.165, 1.54) is 16.7 Å². The molecule has 1 heterocycles. The summed E-state index contributed by atoms with van der Waals surface area (Å²) in [6.45, 7) is 6.52. The van der Waals surface area contributed by atoms with Gasteiger partial charge in [0.15, 0.2) is 0 Å². The van der Waals surface area contributed by atoms with Gasteiger partial charge in [-0.05, 0) is 42.0 Å². The molecule has 156 valence electrons. The molecule has 0 amide bonds. The Labute approximate surface area is 183 Å². The Morgan fingerprint density at radius 3 is 2.45 bits per heavy atom. The van der Waals surface area contributed by atoms with E-state index in [0.29, 0.717) is 12.1 Å². The van der Waals surface area contributed by atoms with Crippen LogP contribution in [-0.4, -0.2) is 22.6 Å². The maximum absolute atomic E-state index is 9.54. The number of nitriles is 1. The number of hydrogen-bond acceptors (Lipinski definition) is 4. The fourth-order valence-electron chi connectivity index (χ4n) is 4.40. The molecule has 3 aromatic carbocycles. The molecule has 0 aliphatic rings. The number of nitrogens with one attached hydrogen (secondary N) is 1. The molecule has 0 saturated heterocycles. The lowest BCUT2D eigenvalue weighted by atomic mass is 9.92. The minimum Gasteiger partial charge on any atom is -0.333 e. The predicted octanol–water partition coefficient (Wildman–Crippen LogP) is 4.44. The average molecular weight is 410 g/mol. The highest BCUT2D eigenvalue weighted by molar-refractivity contribution is 6.01. The van der Waals surface area contributed by atoms with E-state index in [1.807, 2.05) is 43.7 Å². The number of aromatic nitrogens is 2. The van der Waals surface area contributed by atoms with Crippen LogP contribution in [-0.2, 0) is 13.6 Å². The van der Waals surface area contributed by atoms with Crippen molar-refractivity contribution in [1.82, 2.24) is 14.9 Å². The predicted molar refractivity (Wildman–Crippen MR) is 127 cm³/mol. The van der Waals surface area contributed by atoms with Crippen LogP contribution in [0.3, 0.4) is 0 Å². The zero-order valence-corrected chi connectivity index (χ0v) is 18.2. The highest BCUT2D eigenvalue weighted by atomic mass is 15.0. The number of rotatable bonds is 6. The summed E-state index contributed by atoms with van der Waals surface area (Å²) in [5, 5.41) is 14.9. The molecule has 0 unspecified atom stereocenters. The summed E-state index contributed by atoms with van der Waals surface area (Å²) >= 11 is 0. The van der Waals surface area contributed by atoms with Gasteiger partial charge in [0.2, 0.25) is 0 Å². The van der Waals surface area contributed by atoms with Crippen LogP contribution in [0.25, 0.3) is 33.3 Å². The topological polar surface area (TPSA) is 79.7 Å². The summed E-state index contributed by atoms with van der Waals surface area (Å²) in [6.07, 6.45) is 1.87. The normalized spacial score (nSPS) is 11.1. The van der Waals surface area contributed by atoms with E-state index < -0.39 is 0 Å². The first-order valence-electron chi connectivity index (χ1n) is 10.5. The first-order chi connectivity index (χ1) is 15.0. The molecule has 4 rings (SSSR count). The SMILES string of the molecule is Cc1cc(CNCCN)cc(C)c1-c1ncn(C)c1-c1ccc(C#N)c2ccccc12. The molecule has 5 heteroatoms. The Balaban J connectivity index is 1.88. The first-order valence-corrected chi connectivity index (χ1v) is 10.5. The minimum absolute atomic E-state index is 0.631. The summed E-state index contributed by atoms with van der Waals surface area (Å²) in [6, 6.07) is 18.8. The number of nitrogens with two attached hydrogens (primary N) is 1. The van der Waals surface area contributed by atoms with Crippen LogP contribution in [0, 0.1) is 25.2 Å². The zero-order chi connectivity index (χ0) is 22.0. The fourth-order valence-corrected chi connectivity index (χ4v) is 4.40. The molecule has 0 radical (unpaired) electrons. The third-order valence-corrected chi connectivity index (χ3v) is 5.72. The van der Waals surface area contributed by atoms with Gasteiger partial charge in [-0.2, -0.15) is 5.26 Å². The number of benzene rings is 3. The summed E-state index contributed by atoms with van der Waals surface area (Å²) in [7, 11) is 2.02. The monoisotopic (exact) mass is 409 g/mol. The molecule has 0 spiro atoms. The molecule has 0 bridgehead atoms. The van der Waals surface area contributed by atoms with Gasteiger partial charge in [-0.3, -0.25) is 0 Å².